The maximum atomic E-state index is 12.1. The number of fused-ring (bicyclic) bond motifs is 1. The van der Waals surface area contributed by atoms with Gasteiger partial charge in [0.15, 0.2) is 5.82 Å². The van der Waals surface area contributed by atoms with Crippen molar-refractivity contribution in [3.63, 3.8) is 0 Å². The molecule has 0 aromatic carbocycles. The van der Waals surface area contributed by atoms with Gasteiger partial charge in [0.2, 0.25) is 0 Å². The number of aromatic nitrogens is 3. The zero-order chi connectivity index (χ0) is 15.6. The van der Waals surface area contributed by atoms with Crippen LogP contribution in [0.1, 0.15) is 51.2 Å². The van der Waals surface area contributed by atoms with Crippen molar-refractivity contribution in [3.8, 4) is 0 Å². The molecule has 22 heavy (non-hydrogen) atoms. The molecule has 0 radical (unpaired) electrons. The van der Waals surface area contributed by atoms with Crippen LogP contribution in [0.2, 0.25) is 0 Å². The van der Waals surface area contributed by atoms with Crippen molar-refractivity contribution < 1.29 is 9.53 Å². The Hall–Kier alpha value is -1.63. The van der Waals surface area contributed by atoms with E-state index in [9.17, 15) is 4.79 Å². The second kappa shape index (κ2) is 6.24. The first-order valence-electron chi connectivity index (χ1n) is 8.17. The van der Waals surface area contributed by atoms with Crippen LogP contribution < -0.4 is 10.6 Å². The van der Waals surface area contributed by atoms with Crippen LogP contribution in [0, 0.1) is 0 Å². The number of amides is 2. The third-order valence-electron chi connectivity index (χ3n) is 4.88. The van der Waals surface area contributed by atoms with Crippen LogP contribution >= 0.6 is 0 Å². The molecule has 7 nitrogen and oxygen atoms in total. The van der Waals surface area contributed by atoms with Crippen molar-refractivity contribution in [1.82, 2.24) is 25.4 Å². The van der Waals surface area contributed by atoms with Gasteiger partial charge in [-0.05, 0) is 33.1 Å². The highest BCUT2D eigenvalue weighted by atomic mass is 16.5. The van der Waals surface area contributed by atoms with E-state index in [0.29, 0.717) is 13.2 Å². The Morgan fingerprint density at radius 3 is 3.05 bits per heavy atom. The zero-order valence-corrected chi connectivity index (χ0v) is 13.4. The fraction of sp³-hybridized carbons (Fsp3) is 0.800. The Balaban J connectivity index is 1.56. The standard InChI is InChI=1S/C15H25N5O2/c1-11-15(2,7-9-22-11)17-14(21)16-10-13-19-18-12-6-4-3-5-8-20(12)13/h11H,3-10H2,1-2H3,(H2,16,17,21). The minimum atomic E-state index is -0.300. The van der Waals surface area contributed by atoms with Gasteiger partial charge in [0.25, 0.3) is 0 Å². The van der Waals surface area contributed by atoms with E-state index in [0.717, 1.165) is 37.5 Å². The molecule has 3 heterocycles. The van der Waals surface area contributed by atoms with E-state index in [1.165, 1.54) is 12.8 Å². The molecule has 3 rings (SSSR count). The summed E-state index contributed by atoms with van der Waals surface area (Å²) in [4.78, 5) is 12.1. The van der Waals surface area contributed by atoms with E-state index >= 15 is 0 Å². The van der Waals surface area contributed by atoms with Gasteiger partial charge in [0.1, 0.15) is 5.82 Å². The van der Waals surface area contributed by atoms with E-state index in [1.54, 1.807) is 0 Å². The summed E-state index contributed by atoms with van der Waals surface area (Å²) < 4.78 is 7.69. The molecular weight excluding hydrogens is 282 g/mol. The highest BCUT2D eigenvalue weighted by Gasteiger charge is 2.38. The first-order chi connectivity index (χ1) is 10.6. The van der Waals surface area contributed by atoms with Gasteiger partial charge in [0, 0.05) is 19.6 Å². The molecule has 2 aliphatic heterocycles. The lowest BCUT2D eigenvalue weighted by molar-refractivity contribution is 0.0911. The fourth-order valence-corrected chi connectivity index (χ4v) is 3.14. The van der Waals surface area contributed by atoms with Crippen LogP contribution in [0.3, 0.4) is 0 Å². The summed E-state index contributed by atoms with van der Waals surface area (Å²) in [5, 5.41) is 14.4. The normalized spacial score (nSPS) is 28.0. The molecule has 2 unspecified atom stereocenters. The summed E-state index contributed by atoms with van der Waals surface area (Å²) in [5.41, 5.74) is -0.300. The Kier molecular flexibility index (Phi) is 4.33. The second-order valence-corrected chi connectivity index (χ2v) is 6.48. The Morgan fingerprint density at radius 1 is 1.41 bits per heavy atom. The quantitative estimate of drug-likeness (QED) is 0.884. The largest absolute Gasteiger partial charge is 0.376 e. The number of ether oxygens (including phenoxy) is 1. The van der Waals surface area contributed by atoms with Crippen LogP contribution in [0.15, 0.2) is 0 Å². The lowest BCUT2D eigenvalue weighted by Crippen LogP contribution is -2.53. The molecule has 2 aliphatic rings. The summed E-state index contributed by atoms with van der Waals surface area (Å²) in [5.74, 6) is 1.88. The number of carbonyl (C=O) groups excluding carboxylic acids is 1. The number of hydrogen-bond acceptors (Lipinski definition) is 4. The minimum absolute atomic E-state index is 0.0302. The van der Waals surface area contributed by atoms with Gasteiger partial charge >= 0.3 is 6.03 Å². The molecular formula is C15H25N5O2. The summed E-state index contributed by atoms with van der Waals surface area (Å²) in [6.07, 6.45) is 5.39. The Labute approximate surface area is 130 Å². The third kappa shape index (κ3) is 3.09. The predicted molar refractivity (Wildman–Crippen MR) is 81.4 cm³/mol. The predicted octanol–water partition coefficient (Wildman–Crippen LogP) is 1.37. The number of aryl methyl sites for hydroxylation is 1. The molecule has 1 saturated heterocycles. The molecule has 0 aliphatic carbocycles. The third-order valence-corrected chi connectivity index (χ3v) is 4.88. The molecule has 0 spiro atoms. The van der Waals surface area contributed by atoms with E-state index in [1.807, 2.05) is 13.8 Å². The molecule has 2 N–H and O–H groups in total. The van der Waals surface area contributed by atoms with Crippen molar-refractivity contribution in [2.45, 2.75) is 70.7 Å². The number of nitrogens with one attached hydrogen (secondary N) is 2. The van der Waals surface area contributed by atoms with Crippen LogP contribution in [-0.4, -0.2) is 39.0 Å². The highest BCUT2D eigenvalue weighted by Crippen LogP contribution is 2.24. The lowest BCUT2D eigenvalue weighted by Gasteiger charge is -2.28. The molecule has 1 fully saturated rings. The fourth-order valence-electron chi connectivity index (χ4n) is 3.14. The van der Waals surface area contributed by atoms with Gasteiger partial charge in [-0.2, -0.15) is 0 Å². The Morgan fingerprint density at radius 2 is 2.27 bits per heavy atom. The van der Waals surface area contributed by atoms with E-state index in [2.05, 4.69) is 25.4 Å². The number of urea groups is 1. The number of carbonyl (C=O) groups is 1. The van der Waals surface area contributed by atoms with Gasteiger partial charge in [-0.15, -0.1) is 10.2 Å². The average Bonchev–Trinajstić information content (AvgIpc) is 2.91. The maximum absolute atomic E-state index is 12.1. The second-order valence-electron chi connectivity index (χ2n) is 6.48. The first-order valence-corrected chi connectivity index (χ1v) is 8.17. The average molecular weight is 307 g/mol. The summed E-state index contributed by atoms with van der Waals surface area (Å²) >= 11 is 0. The molecule has 122 valence electrons. The number of rotatable bonds is 3. The lowest BCUT2D eigenvalue weighted by atomic mass is 9.95. The molecule has 0 bridgehead atoms. The van der Waals surface area contributed by atoms with Crippen molar-refractivity contribution >= 4 is 6.03 Å². The van der Waals surface area contributed by atoms with E-state index in [4.69, 9.17) is 4.74 Å². The molecule has 1 aromatic heterocycles. The highest BCUT2D eigenvalue weighted by molar-refractivity contribution is 5.74. The molecule has 7 heteroatoms. The van der Waals surface area contributed by atoms with Crippen molar-refractivity contribution in [2.24, 2.45) is 0 Å². The van der Waals surface area contributed by atoms with Gasteiger partial charge in [-0.3, -0.25) is 0 Å². The van der Waals surface area contributed by atoms with Gasteiger partial charge in [0.05, 0.1) is 18.2 Å². The SMILES string of the molecule is CC1OCCC1(C)NC(=O)NCc1nnc2n1CCCCC2. The smallest absolute Gasteiger partial charge is 0.315 e. The zero-order valence-electron chi connectivity index (χ0n) is 13.4. The van der Waals surface area contributed by atoms with Crippen LogP contribution in [0.4, 0.5) is 4.79 Å². The first kappa shape index (κ1) is 15.3. The molecule has 1 aromatic rings. The van der Waals surface area contributed by atoms with E-state index < -0.39 is 0 Å². The number of nitrogens with zero attached hydrogens (tertiary/aromatic N) is 3. The topological polar surface area (TPSA) is 81.1 Å². The summed E-state index contributed by atoms with van der Waals surface area (Å²) in [7, 11) is 0. The monoisotopic (exact) mass is 307 g/mol. The van der Waals surface area contributed by atoms with Crippen molar-refractivity contribution in [2.75, 3.05) is 6.61 Å². The van der Waals surface area contributed by atoms with Crippen LogP contribution in [0.25, 0.3) is 0 Å². The van der Waals surface area contributed by atoms with Crippen molar-refractivity contribution in [1.29, 1.82) is 0 Å². The van der Waals surface area contributed by atoms with Gasteiger partial charge in [-0.1, -0.05) is 6.42 Å². The minimum Gasteiger partial charge on any atom is -0.376 e. The summed E-state index contributed by atoms with van der Waals surface area (Å²) in [6, 6.07) is -0.175. The van der Waals surface area contributed by atoms with Gasteiger partial charge in [-0.25, -0.2) is 4.79 Å². The van der Waals surface area contributed by atoms with Gasteiger partial charge < -0.3 is 19.9 Å². The number of hydrogen-bond donors (Lipinski definition) is 2. The summed E-state index contributed by atoms with van der Waals surface area (Å²) in [6.45, 7) is 6.06. The van der Waals surface area contributed by atoms with Crippen LogP contribution in [-0.2, 0) is 24.2 Å². The van der Waals surface area contributed by atoms with Crippen LogP contribution in [0.5, 0.6) is 0 Å². The molecule has 2 amide bonds. The van der Waals surface area contributed by atoms with E-state index in [-0.39, 0.29) is 17.7 Å². The Bertz CT molecular complexity index is 544. The molecule has 2 atom stereocenters. The van der Waals surface area contributed by atoms with Crippen molar-refractivity contribution in [3.05, 3.63) is 11.6 Å². The maximum Gasteiger partial charge on any atom is 0.315 e. The molecule has 0 saturated carbocycles.